The van der Waals surface area contributed by atoms with Crippen molar-refractivity contribution >= 4 is 23.1 Å². The van der Waals surface area contributed by atoms with Gasteiger partial charge in [0.1, 0.15) is 12.2 Å². The van der Waals surface area contributed by atoms with Crippen molar-refractivity contribution in [1.29, 1.82) is 0 Å². The van der Waals surface area contributed by atoms with E-state index >= 15 is 0 Å². The number of carbonyl (C=O) groups excluding carboxylic acids is 2. The monoisotopic (exact) mass is 464 g/mol. The van der Waals surface area contributed by atoms with Crippen molar-refractivity contribution in [1.82, 2.24) is 14.5 Å². The maximum atomic E-state index is 14.0. The number of likely N-dealkylation sites (tertiary alicyclic amines) is 1. The van der Waals surface area contributed by atoms with E-state index < -0.39 is 53.0 Å². The molecule has 7 nitrogen and oxygen atoms in total. The Bertz CT molecular complexity index is 836. The molecule has 0 spiro atoms. The summed E-state index contributed by atoms with van der Waals surface area (Å²) in [5.41, 5.74) is -0.384. The SMILES string of the molecule is O=C(NCc1ccc(C(F)(F)F)cc1)[C@H]1C[C@H](F)CN1C(=O)[C@H]1CCCN(S(=O)[O-])C1. The molecule has 0 saturated carbocycles. The Morgan fingerprint density at radius 3 is 2.48 bits per heavy atom. The first-order valence-corrected chi connectivity index (χ1v) is 10.8. The van der Waals surface area contributed by atoms with Gasteiger partial charge in [0.25, 0.3) is 0 Å². The fourth-order valence-corrected chi connectivity index (χ4v) is 4.49. The second-order valence-electron chi connectivity index (χ2n) is 7.70. The van der Waals surface area contributed by atoms with E-state index in [0.29, 0.717) is 24.9 Å². The summed E-state index contributed by atoms with van der Waals surface area (Å²) < 4.78 is 75.4. The van der Waals surface area contributed by atoms with Crippen LogP contribution >= 0.6 is 0 Å². The van der Waals surface area contributed by atoms with Crippen LogP contribution in [0.5, 0.6) is 0 Å². The average Bonchev–Trinajstić information content (AvgIpc) is 3.13. The number of alkyl halides is 4. The second-order valence-corrected chi connectivity index (χ2v) is 8.65. The van der Waals surface area contributed by atoms with E-state index in [1.54, 1.807) is 0 Å². The summed E-state index contributed by atoms with van der Waals surface area (Å²) in [6, 6.07) is 3.22. The topological polar surface area (TPSA) is 92.8 Å². The highest BCUT2D eigenvalue weighted by atomic mass is 32.2. The standard InChI is InChI=1S/C19H23F4N3O4S/c20-15-8-16(17(27)24-9-12-3-5-14(6-4-12)19(21,22)23)26(11-15)18(28)13-2-1-7-25(10-13)31(29)30/h3-6,13,15-16H,1-2,7-11H2,(H,24,27)(H,29,30)/p-1/t13-,15-,16+/m0/s1. The summed E-state index contributed by atoms with van der Waals surface area (Å²) in [5, 5.41) is 2.54. The first kappa shape index (κ1) is 23.6. The van der Waals surface area contributed by atoms with Crippen molar-refractivity contribution in [3.63, 3.8) is 0 Å². The van der Waals surface area contributed by atoms with E-state index in [-0.39, 0.29) is 26.1 Å². The molecule has 2 aliphatic rings. The average molecular weight is 464 g/mol. The lowest BCUT2D eigenvalue weighted by Crippen LogP contribution is -2.50. The Kier molecular flexibility index (Phi) is 7.32. The van der Waals surface area contributed by atoms with Gasteiger partial charge in [-0.2, -0.15) is 13.2 Å². The van der Waals surface area contributed by atoms with Gasteiger partial charge in [0.15, 0.2) is 0 Å². The van der Waals surface area contributed by atoms with Gasteiger partial charge in [0.2, 0.25) is 11.8 Å². The van der Waals surface area contributed by atoms with Crippen molar-refractivity contribution in [3.05, 3.63) is 35.4 Å². The first-order valence-electron chi connectivity index (χ1n) is 9.79. The molecular weight excluding hydrogens is 442 g/mol. The summed E-state index contributed by atoms with van der Waals surface area (Å²) in [6.45, 7) is -0.0298. The summed E-state index contributed by atoms with van der Waals surface area (Å²) in [6.07, 6.45) is -5.11. The van der Waals surface area contributed by atoms with Crippen LogP contribution < -0.4 is 5.32 Å². The highest BCUT2D eigenvalue weighted by Gasteiger charge is 2.42. The number of nitrogens with zero attached hydrogens (tertiary/aromatic N) is 2. The molecular formula is C19H22F4N3O4S-. The molecule has 2 amide bonds. The third-order valence-electron chi connectivity index (χ3n) is 5.53. The smallest absolute Gasteiger partial charge is 0.416 e. The molecule has 2 heterocycles. The molecule has 3 rings (SSSR count). The van der Waals surface area contributed by atoms with E-state index in [0.717, 1.165) is 21.3 Å². The summed E-state index contributed by atoms with van der Waals surface area (Å²) >= 11 is -2.46. The molecule has 4 atom stereocenters. The summed E-state index contributed by atoms with van der Waals surface area (Å²) in [5.74, 6) is -1.72. The number of carbonyl (C=O) groups is 2. The maximum absolute atomic E-state index is 14.0. The van der Waals surface area contributed by atoms with E-state index in [2.05, 4.69) is 5.32 Å². The molecule has 31 heavy (non-hydrogen) atoms. The highest BCUT2D eigenvalue weighted by molar-refractivity contribution is 7.76. The van der Waals surface area contributed by atoms with E-state index in [4.69, 9.17) is 0 Å². The zero-order valence-corrected chi connectivity index (χ0v) is 17.3. The lowest BCUT2D eigenvalue weighted by atomic mass is 9.97. The van der Waals surface area contributed by atoms with Gasteiger partial charge < -0.3 is 14.8 Å². The molecule has 2 saturated heterocycles. The zero-order chi connectivity index (χ0) is 22.8. The van der Waals surface area contributed by atoms with E-state index in [1.165, 1.54) is 12.1 Å². The first-order chi connectivity index (χ1) is 14.6. The Morgan fingerprint density at radius 1 is 1.19 bits per heavy atom. The molecule has 2 aliphatic heterocycles. The molecule has 1 aromatic carbocycles. The van der Waals surface area contributed by atoms with Crippen LogP contribution in [-0.2, 0) is 33.6 Å². The molecule has 1 unspecified atom stereocenters. The highest BCUT2D eigenvalue weighted by Crippen LogP contribution is 2.29. The number of nitrogens with one attached hydrogen (secondary N) is 1. The molecule has 0 aliphatic carbocycles. The molecule has 0 bridgehead atoms. The van der Waals surface area contributed by atoms with E-state index in [9.17, 15) is 35.9 Å². The minimum absolute atomic E-state index is 0.0116. The van der Waals surface area contributed by atoms with Crippen molar-refractivity contribution in [2.45, 2.75) is 44.2 Å². The molecule has 2 fully saturated rings. The fraction of sp³-hybridized carbons (Fsp3) is 0.579. The Morgan fingerprint density at radius 2 is 1.87 bits per heavy atom. The zero-order valence-electron chi connectivity index (χ0n) is 16.4. The largest absolute Gasteiger partial charge is 0.760 e. The fourth-order valence-electron chi connectivity index (χ4n) is 3.91. The van der Waals surface area contributed by atoms with Crippen LogP contribution in [0.15, 0.2) is 24.3 Å². The van der Waals surface area contributed by atoms with Gasteiger partial charge in [0.05, 0.1) is 18.0 Å². The van der Waals surface area contributed by atoms with Crippen LogP contribution in [0.4, 0.5) is 17.6 Å². The Hall–Kier alpha value is -2.05. The molecule has 12 heteroatoms. The molecule has 1 N–H and O–H groups in total. The lowest BCUT2D eigenvalue weighted by molar-refractivity contribution is -0.142. The van der Waals surface area contributed by atoms with Crippen LogP contribution in [0.1, 0.15) is 30.4 Å². The Labute approximate surface area is 179 Å². The molecule has 0 radical (unpaired) electrons. The molecule has 172 valence electrons. The maximum Gasteiger partial charge on any atom is 0.416 e. The number of rotatable bonds is 5. The van der Waals surface area contributed by atoms with Gasteiger partial charge in [-0.1, -0.05) is 12.1 Å². The quantitative estimate of drug-likeness (QED) is 0.531. The predicted molar refractivity (Wildman–Crippen MR) is 102 cm³/mol. The minimum Gasteiger partial charge on any atom is -0.760 e. The lowest BCUT2D eigenvalue weighted by Gasteiger charge is -2.35. The Balaban J connectivity index is 1.61. The summed E-state index contributed by atoms with van der Waals surface area (Å²) in [7, 11) is 0. The summed E-state index contributed by atoms with van der Waals surface area (Å²) in [4.78, 5) is 26.6. The van der Waals surface area contributed by atoms with Crippen molar-refractivity contribution in [3.8, 4) is 0 Å². The molecule has 1 aromatic rings. The van der Waals surface area contributed by atoms with Gasteiger partial charge in [-0.05, 0) is 30.5 Å². The predicted octanol–water partition coefficient (Wildman–Crippen LogP) is 1.77. The van der Waals surface area contributed by atoms with Crippen molar-refractivity contribution in [2.24, 2.45) is 5.92 Å². The number of hydrogen-bond donors (Lipinski definition) is 1. The minimum atomic E-state index is -4.46. The number of halogens is 4. The van der Waals surface area contributed by atoms with Gasteiger partial charge in [0, 0.05) is 37.3 Å². The van der Waals surface area contributed by atoms with Crippen LogP contribution in [-0.4, -0.2) is 61.6 Å². The van der Waals surface area contributed by atoms with Gasteiger partial charge >= 0.3 is 6.18 Å². The van der Waals surface area contributed by atoms with Crippen molar-refractivity contribution < 1.29 is 35.9 Å². The van der Waals surface area contributed by atoms with Crippen LogP contribution in [0.3, 0.4) is 0 Å². The van der Waals surface area contributed by atoms with E-state index in [1.807, 2.05) is 0 Å². The number of piperidine rings is 1. The van der Waals surface area contributed by atoms with Crippen LogP contribution in [0, 0.1) is 5.92 Å². The number of hydrogen-bond acceptors (Lipinski definition) is 4. The number of benzene rings is 1. The van der Waals surface area contributed by atoms with Crippen LogP contribution in [0.25, 0.3) is 0 Å². The van der Waals surface area contributed by atoms with Crippen LogP contribution in [0.2, 0.25) is 0 Å². The molecule has 0 aromatic heterocycles. The number of amides is 2. The normalized spacial score (nSPS) is 26.0. The second kappa shape index (κ2) is 9.61. The van der Waals surface area contributed by atoms with Crippen molar-refractivity contribution in [2.75, 3.05) is 19.6 Å². The third-order valence-corrected chi connectivity index (χ3v) is 6.28. The van der Waals surface area contributed by atoms with Gasteiger partial charge in [-0.3, -0.25) is 13.8 Å². The van der Waals surface area contributed by atoms with Gasteiger partial charge in [-0.25, -0.2) is 8.70 Å². The van der Waals surface area contributed by atoms with Gasteiger partial charge in [-0.15, -0.1) is 0 Å². The third kappa shape index (κ3) is 5.80.